The molecule has 1 N–H and O–H groups in total. The Balaban J connectivity index is 1.53. The number of nitrogens with zero attached hydrogens (tertiary/aromatic N) is 2. The molecule has 0 aliphatic carbocycles. The number of rotatable bonds is 3. The Morgan fingerprint density at radius 1 is 1.21 bits per heavy atom. The SMILES string of the molecule is O=C(c1cc(S(=O)(=O)N2CCCC2)c[nH]1)N1CCc2sccc2C1. The summed E-state index contributed by atoms with van der Waals surface area (Å²) in [5.41, 5.74) is 1.53. The van der Waals surface area contributed by atoms with E-state index in [4.69, 9.17) is 0 Å². The summed E-state index contributed by atoms with van der Waals surface area (Å²) in [4.78, 5) is 18.8. The minimum Gasteiger partial charge on any atom is -0.356 e. The molecule has 1 saturated heterocycles. The summed E-state index contributed by atoms with van der Waals surface area (Å²) in [7, 11) is -3.49. The summed E-state index contributed by atoms with van der Waals surface area (Å²) in [5, 5.41) is 2.05. The van der Waals surface area contributed by atoms with Crippen molar-refractivity contribution >= 4 is 27.3 Å². The Hall–Kier alpha value is -1.64. The maximum atomic E-state index is 12.7. The maximum absolute atomic E-state index is 12.7. The van der Waals surface area contributed by atoms with Gasteiger partial charge in [0.25, 0.3) is 5.91 Å². The number of thiophene rings is 1. The van der Waals surface area contributed by atoms with Crippen molar-refractivity contribution in [1.29, 1.82) is 0 Å². The first-order valence-corrected chi connectivity index (χ1v) is 10.4. The molecule has 128 valence electrons. The van der Waals surface area contributed by atoms with E-state index in [2.05, 4.69) is 11.1 Å². The van der Waals surface area contributed by atoms with Crippen LogP contribution in [0, 0.1) is 0 Å². The van der Waals surface area contributed by atoms with Gasteiger partial charge in [-0.1, -0.05) is 0 Å². The van der Waals surface area contributed by atoms with Crippen molar-refractivity contribution in [2.24, 2.45) is 0 Å². The van der Waals surface area contributed by atoms with Crippen LogP contribution in [0.15, 0.2) is 28.6 Å². The molecule has 4 rings (SSSR count). The third-order valence-corrected chi connectivity index (χ3v) is 7.58. The molecule has 0 unspecified atom stereocenters. The van der Waals surface area contributed by atoms with E-state index in [1.54, 1.807) is 16.2 Å². The van der Waals surface area contributed by atoms with Gasteiger partial charge in [0.15, 0.2) is 0 Å². The van der Waals surface area contributed by atoms with E-state index in [1.165, 1.54) is 27.0 Å². The first-order valence-electron chi connectivity index (χ1n) is 8.09. The Bertz CT molecular complexity index is 863. The summed E-state index contributed by atoms with van der Waals surface area (Å²) in [6.45, 7) is 2.37. The van der Waals surface area contributed by atoms with Gasteiger partial charge in [-0.05, 0) is 42.3 Å². The third kappa shape index (κ3) is 2.68. The molecule has 0 spiro atoms. The molecular weight excluding hydrogens is 346 g/mol. The molecule has 8 heteroatoms. The second kappa shape index (κ2) is 6.02. The summed E-state index contributed by atoms with van der Waals surface area (Å²) < 4.78 is 26.6. The second-order valence-electron chi connectivity index (χ2n) is 6.21. The van der Waals surface area contributed by atoms with E-state index in [0.29, 0.717) is 31.9 Å². The lowest BCUT2D eigenvalue weighted by molar-refractivity contribution is 0.0730. The van der Waals surface area contributed by atoms with Crippen molar-refractivity contribution in [2.75, 3.05) is 19.6 Å². The van der Waals surface area contributed by atoms with Crippen LogP contribution in [0.3, 0.4) is 0 Å². The Kier molecular flexibility index (Phi) is 3.98. The highest BCUT2D eigenvalue weighted by molar-refractivity contribution is 7.89. The van der Waals surface area contributed by atoms with Gasteiger partial charge in [-0.2, -0.15) is 4.31 Å². The molecule has 1 amide bonds. The highest BCUT2D eigenvalue weighted by atomic mass is 32.2. The van der Waals surface area contributed by atoms with E-state index >= 15 is 0 Å². The van der Waals surface area contributed by atoms with Crippen molar-refractivity contribution in [1.82, 2.24) is 14.2 Å². The van der Waals surface area contributed by atoms with Gasteiger partial charge >= 0.3 is 0 Å². The van der Waals surface area contributed by atoms with Crippen LogP contribution in [-0.4, -0.2) is 48.1 Å². The Labute approximate surface area is 145 Å². The molecular formula is C16H19N3O3S2. The van der Waals surface area contributed by atoms with Crippen LogP contribution in [-0.2, 0) is 23.0 Å². The van der Waals surface area contributed by atoms with E-state index < -0.39 is 10.0 Å². The predicted octanol–water partition coefficient (Wildman–Crippen LogP) is 2.06. The first-order chi connectivity index (χ1) is 11.6. The monoisotopic (exact) mass is 365 g/mol. The van der Waals surface area contributed by atoms with Crippen molar-refractivity contribution in [3.8, 4) is 0 Å². The van der Waals surface area contributed by atoms with E-state index in [9.17, 15) is 13.2 Å². The van der Waals surface area contributed by atoms with Crippen LogP contribution < -0.4 is 0 Å². The highest BCUT2D eigenvalue weighted by Crippen LogP contribution is 2.26. The molecule has 0 saturated carbocycles. The van der Waals surface area contributed by atoms with Crippen molar-refractivity contribution in [3.63, 3.8) is 0 Å². The van der Waals surface area contributed by atoms with E-state index in [0.717, 1.165) is 19.3 Å². The largest absolute Gasteiger partial charge is 0.356 e. The average molecular weight is 365 g/mol. The first kappa shape index (κ1) is 15.9. The van der Waals surface area contributed by atoms with Crippen LogP contribution in [0.1, 0.15) is 33.8 Å². The molecule has 0 aromatic carbocycles. The number of fused-ring (bicyclic) bond motifs is 1. The quantitative estimate of drug-likeness (QED) is 0.905. The number of carbonyl (C=O) groups is 1. The number of hydrogen-bond acceptors (Lipinski definition) is 4. The van der Waals surface area contributed by atoms with Gasteiger partial charge in [-0.15, -0.1) is 11.3 Å². The number of amides is 1. The van der Waals surface area contributed by atoms with Gasteiger partial charge in [0.1, 0.15) is 10.6 Å². The molecule has 0 radical (unpaired) electrons. The molecule has 0 atom stereocenters. The Morgan fingerprint density at radius 3 is 2.79 bits per heavy atom. The predicted molar refractivity (Wildman–Crippen MR) is 91.5 cm³/mol. The zero-order chi connectivity index (χ0) is 16.7. The van der Waals surface area contributed by atoms with Gasteiger partial charge in [0.05, 0.1) is 0 Å². The lowest BCUT2D eigenvalue weighted by atomic mass is 10.1. The Morgan fingerprint density at radius 2 is 2.00 bits per heavy atom. The highest BCUT2D eigenvalue weighted by Gasteiger charge is 2.30. The topological polar surface area (TPSA) is 73.5 Å². The van der Waals surface area contributed by atoms with Crippen LogP contribution in [0.25, 0.3) is 0 Å². The minimum absolute atomic E-state index is 0.144. The molecule has 2 aliphatic rings. The van der Waals surface area contributed by atoms with E-state index in [1.807, 2.05) is 5.38 Å². The molecule has 2 aromatic heterocycles. The van der Waals surface area contributed by atoms with Gasteiger partial charge in [0, 0.05) is 37.3 Å². The molecule has 6 nitrogen and oxygen atoms in total. The fourth-order valence-electron chi connectivity index (χ4n) is 3.32. The van der Waals surface area contributed by atoms with Crippen molar-refractivity contribution in [2.45, 2.75) is 30.7 Å². The van der Waals surface area contributed by atoms with Crippen molar-refractivity contribution in [3.05, 3.63) is 39.8 Å². The molecule has 1 fully saturated rings. The number of carbonyl (C=O) groups excluding carboxylic acids is 1. The number of H-pyrrole nitrogens is 1. The van der Waals surface area contributed by atoms with Gasteiger partial charge in [0.2, 0.25) is 10.0 Å². The summed E-state index contributed by atoms with van der Waals surface area (Å²) in [6, 6.07) is 3.52. The van der Waals surface area contributed by atoms with Crippen molar-refractivity contribution < 1.29 is 13.2 Å². The minimum atomic E-state index is -3.49. The zero-order valence-electron chi connectivity index (χ0n) is 13.2. The number of nitrogens with one attached hydrogen (secondary N) is 1. The third-order valence-electron chi connectivity index (χ3n) is 4.68. The van der Waals surface area contributed by atoms with Gasteiger partial charge in [-0.3, -0.25) is 4.79 Å². The molecule has 2 aliphatic heterocycles. The van der Waals surface area contributed by atoms with Crippen LogP contribution >= 0.6 is 11.3 Å². The van der Waals surface area contributed by atoms with E-state index in [-0.39, 0.29) is 10.8 Å². The molecule has 2 aromatic rings. The number of sulfonamides is 1. The lowest BCUT2D eigenvalue weighted by Gasteiger charge is -2.26. The molecule has 4 heterocycles. The fourth-order valence-corrected chi connectivity index (χ4v) is 5.72. The fraction of sp³-hybridized carbons (Fsp3) is 0.438. The van der Waals surface area contributed by atoms with Gasteiger partial charge in [-0.25, -0.2) is 8.42 Å². The number of hydrogen-bond donors (Lipinski definition) is 1. The van der Waals surface area contributed by atoms with Crippen LogP contribution in [0.5, 0.6) is 0 Å². The lowest BCUT2D eigenvalue weighted by Crippen LogP contribution is -2.35. The molecule has 24 heavy (non-hydrogen) atoms. The standard InChI is InChI=1S/C16H19N3O3S2/c20-16(18-7-3-15-12(11-18)4-8-23-15)14-9-13(10-17-14)24(21,22)19-5-1-2-6-19/h4,8-10,17H,1-3,5-7,11H2. The van der Waals surface area contributed by atoms with Crippen LogP contribution in [0.4, 0.5) is 0 Å². The molecule has 0 bridgehead atoms. The summed E-state index contributed by atoms with van der Waals surface area (Å²) >= 11 is 1.73. The normalized spacial score (nSPS) is 18.8. The number of aromatic nitrogens is 1. The average Bonchev–Trinajstić information content (AvgIpc) is 3.34. The second-order valence-corrected chi connectivity index (χ2v) is 9.14. The van der Waals surface area contributed by atoms with Crippen LogP contribution in [0.2, 0.25) is 0 Å². The summed E-state index contributed by atoms with van der Waals surface area (Å²) in [6.07, 6.45) is 4.08. The van der Waals surface area contributed by atoms with Gasteiger partial charge < -0.3 is 9.88 Å². The maximum Gasteiger partial charge on any atom is 0.270 e. The zero-order valence-corrected chi connectivity index (χ0v) is 14.8. The number of aromatic amines is 1. The smallest absolute Gasteiger partial charge is 0.270 e. The summed E-state index contributed by atoms with van der Waals surface area (Å²) in [5.74, 6) is -0.144.